The van der Waals surface area contributed by atoms with Crippen LogP contribution in [0.3, 0.4) is 0 Å². The van der Waals surface area contributed by atoms with Gasteiger partial charge in [-0.1, -0.05) is 41.9 Å². The van der Waals surface area contributed by atoms with E-state index in [0.29, 0.717) is 36.9 Å². The van der Waals surface area contributed by atoms with Crippen LogP contribution in [0.15, 0.2) is 59.7 Å². The van der Waals surface area contributed by atoms with Gasteiger partial charge in [-0.25, -0.2) is 0 Å². The number of rotatable bonds is 6. The number of hydrazone groups is 1. The lowest BCUT2D eigenvalue weighted by Gasteiger charge is -2.36. The summed E-state index contributed by atoms with van der Waals surface area (Å²) in [6.45, 7) is 2.53. The summed E-state index contributed by atoms with van der Waals surface area (Å²) in [5.74, 6) is -0.422. The predicted molar refractivity (Wildman–Crippen MR) is 124 cm³/mol. The van der Waals surface area contributed by atoms with Crippen molar-refractivity contribution in [3.63, 3.8) is 0 Å². The molecule has 3 rings (SSSR count). The van der Waals surface area contributed by atoms with E-state index in [9.17, 15) is 4.79 Å². The van der Waals surface area contributed by atoms with Crippen molar-refractivity contribution in [2.45, 2.75) is 0 Å². The standard InChI is InChI=1S/C22H22ClN7O/c23-18-14-17(27-28-19(15-24)22(25)26)7-8-20(18)29-10-12-30(13-11-29)21(31)9-6-16-4-2-1-3-5-16/h1-9,14,27H,10-13H2,(H3,25,26)/b9-6?,28-19+. The average Bonchev–Trinajstić information content (AvgIpc) is 2.78. The molecule has 0 radical (unpaired) electrons. The molecule has 1 amide bonds. The number of halogens is 1. The maximum Gasteiger partial charge on any atom is 0.246 e. The van der Waals surface area contributed by atoms with E-state index >= 15 is 0 Å². The molecule has 0 unspecified atom stereocenters. The number of carbonyl (C=O) groups excluding carboxylic acids is 1. The van der Waals surface area contributed by atoms with Gasteiger partial charge < -0.3 is 15.5 Å². The van der Waals surface area contributed by atoms with E-state index in [1.807, 2.05) is 47.4 Å². The van der Waals surface area contributed by atoms with Crippen LogP contribution >= 0.6 is 11.6 Å². The van der Waals surface area contributed by atoms with Gasteiger partial charge in [0.15, 0.2) is 5.84 Å². The third-order valence-electron chi connectivity index (χ3n) is 4.76. The molecule has 4 N–H and O–H groups in total. The minimum atomic E-state index is -0.413. The lowest BCUT2D eigenvalue weighted by Crippen LogP contribution is -2.48. The van der Waals surface area contributed by atoms with Gasteiger partial charge >= 0.3 is 0 Å². The fourth-order valence-electron chi connectivity index (χ4n) is 3.10. The van der Waals surface area contributed by atoms with Crippen LogP contribution in [0, 0.1) is 16.7 Å². The predicted octanol–water partition coefficient (Wildman–Crippen LogP) is 2.93. The van der Waals surface area contributed by atoms with Crippen LogP contribution in [0.4, 0.5) is 11.4 Å². The Morgan fingerprint density at radius 3 is 2.52 bits per heavy atom. The topological polar surface area (TPSA) is 122 Å². The third-order valence-corrected chi connectivity index (χ3v) is 5.06. The monoisotopic (exact) mass is 435 g/mol. The number of amides is 1. The van der Waals surface area contributed by atoms with Crippen LogP contribution in [0.5, 0.6) is 0 Å². The number of amidine groups is 1. The number of nitrogens with one attached hydrogen (secondary N) is 2. The van der Waals surface area contributed by atoms with E-state index in [0.717, 1.165) is 11.3 Å². The summed E-state index contributed by atoms with van der Waals surface area (Å²) in [6.07, 6.45) is 3.43. The molecular formula is C22H22ClN7O. The van der Waals surface area contributed by atoms with E-state index in [1.165, 1.54) is 0 Å². The van der Waals surface area contributed by atoms with Gasteiger partial charge in [-0.05, 0) is 29.8 Å². The number of nitrogens with two attached hydrogens (primary N) is 1. The van der Waals surface area contributed by atoms with Gasteiger partial charge in [0.2, 0.25) is 11.6 Å². The second kappa shape index (κ2) is 10.3. The Hall–Kier alpha value is -3.83. The Labute approximate surface area is 185 Å². The molecule has 1 fully saturated rings. The second-order valence-corrected chi connectivity index (χ2v) is 7.23. The van der Waals surface area contributed by atoms with E-state index in [2.05, 4.69) is 15.4 Å². The van der Waals surface area contributed by atoms with E-state index in [1.54, 1.807) is 24.3 Å². The summed E-state index contributed by atoms with van der Waals surface area (Å²) < 4.78 is 0. The summed E-state index contributed by atoms with van der Waals surface area (Å²) in [5, 5.41) is 20.5. The Bertz CT molecular complexity index is 1050. The number of piperazine rings is 1. The zero-order chi connectivity index (χ0) is 22.2. The molecule has 0 atom stereocenters. The molecule has 158 valence electrons. The lowest BCUT2D eigenvalue weighted by atomic mass is 10.2. The Balaban J connectivity index is 1.58. The fraction of sp³-hybridized carbons (Fsp3) is 0.182. The van der Waals surface area contributed by atoms with Crippen LogP contribution in [0.2, 0.25) is 5.02 Å². The van der Waals surface area contributed by atoms with Crippen LogP contribution in [0.1, 0.15) is 5.56 Å². The average molecular weight is 436 g/mol. The Kier molecular flexibility index (Phi) is 7.25. The van der Waals surface area contributed by atoms with Gasteiger partial charge in [0.05, 0.1) is 16.4 Å². The zero-order valence-electron chi connectivity index (χ0n) is 16.8. The SMILES string of the molecule is N#C/C(=N\Nc1ccc(N2CCN(C(=O)C=Cc3ccccc3)CC2)c(Cl)c1)C(=N)N. The minimum absolute atomic E-state index is 0.00854. The van der Waals surface area contributed by atoms with Crippen molar-refractivity contribution < 1.29 is 4.79 Å². The first-order chi connectivity index (χ1) is 15.0. The molecular weight excluding hydrogens is 414 g/mol. The van der Waals surface area contributed by atoms with Gasteiger partial charge in [-0.2, -0.15) is 10.4 Å². The molecule has 0 bridgehead atoms. The lowest BCUT2D eigenvalue weighted by molar-refractivity contribution is -0.126. The molecule has 1 aliphatic rings. The van der Waals surface area contributed by atoms with Gasteiger partial charge in [-0.3, -0.25) is 15.6 Å². The number of carbonyl (C=O) groups is 1. The van der Waals surface area contributed by atoms with E-state index in [-0.39, 0.29) is 11.6 Å². The summed E-state index contributed by atoms with van der Waals surface area (Å²) in [7, 11) is 0. The summed E-state index contributed by atoms with van der Waals surface area (Å²) in [6, 6.07) is 16.8. The highest BCUT2D eigenvalue weighted by molar-refractivity contribution is 6.45. The first-order valence-corrected chi connectivity index (χ1v) is 10.0. The van der Waals surface area contributed by atoms with Crippen LogP contribution in [-0.4, -0.2) is 48.5 Å². The quantitative estimate of drug-likeness (QED) is 0.279. The van der Waals surface area contributed by atoms with Crippen LogP contribution in [-0.2, 0) is 4.79 Å². The Morgan fingerprint density at radius 2 is 1.90 bits per heavy atom. The van der Waals surface area contributed by atoms with Gasteiger partial charge in [0.1, 0.15) is 6.07 Å². The normalized spacial score (nSPS) is 14.4. The molecule has 1 heterocycles. The van der Waals surface area contributed by atoms with Crippen LogP contribution < -0.4 is 16.1 Å². The molecule has 1 aliphatic heterocycles. The minimum Gasteiger partial charge on any atom is -0.382 e. The maximum atomic E-state index is 12.5. The second-order valence-electron chi connectivity index (χ2n) is 6.82. The molecule has 0 spiro atoms. The number of hydrogen-bond donors (Lipinski definition) is 3. The third kappa shape index (κ3) is 5.84. The molecule has 8 nitrogen and oxygen atoms in total. The Morgan fingerprint density at radius 1 is 1.19 bits per heavy atom. The number of benzene rings is 2. The van der Waals surface area contributed by atoms with Gasteiger partial charge in [0, 0.05) is 32.3 Å². The van der Waals surface area contributed by atoms with Crippen molar-refractivity contribution in [1.82, 2.24) is 4.90 Å². The molecule has 1 saturated heterocycles. The van der Waals surface area contributed by atoms with Crippen molar-refractivity contribution in [2.24, 2.45) is 10.8 Å². The maximum absolute atomic E-state index is 12.5. The number of nitriles is 1. The highest BCUT2D eigenvalue weighted by Crippen LogP contribution is 2.29. The van der Waals surface area contributed by atoms with E-state index < -0.39 is 5.84 Å². The molecule has 2 aromatic rings. The van der Waals surface area contributed by atoms with Crippen LogP contribution in [0.25, 0.3) is 6.08 Å². The van der Waals surface area contributed by atoms with Crippen molar-refractivity contribution in [3.8, 4) is 6.07 Å². The van der Waals surface area contributed by atoms with Gasteiger partial charge in [0.25, 0.3) is 0 Å². The number of hydrogen-bond acceptors (Lipinski definition) is 6. The van der Waals surface area contributed by atoms with Gasteiger partial charge in [-0.15, -0.1) is 0 Å². The molecule has 9 heteroatoms. The number of anilines is 2. The summed E-state index contributed by atoms with van der Waals surface area (Å²) >= 11 is 6.44. The first-order valence-electron chi connectivity index (χ1n) is 9.62. The number of nitrogens with zero attached hydrogens (tertiary/aromatic N) is 4. The first kappa shape index (κ1) is 21.9. The highest BCUT2D eigenvalue weighted by Gasteiger charge is 2.21. The molecule has 2 aromatic carbocycles. The highest BCUT2D eigenvalue weighted by atomic mass is 35.5. The van der Waals surface area contributed by atoms with Crippen molar-refractivity contribution >= 4 is 46.5 Å². The molecule has 0 saturated carbocycles. The zero-order valence-corrected chi connectivity index (χ0v) is 17.5. The van der Waals surface area contributed by atoms with Crippen molar-refractivity contribution in [2.75, 3.05) is 36.5 Å². The summed E-state index contributed by atoms with van der Waals surface area (Å²) in [5.41, 5.74) is 10.2. The molecule has 0 aliphatic carbocycles. The smallest absolute Gasteiger partial charge is 0.246 e. The molecule has 31 heavy (non-hydrogen) atoms. The van der Waals surface area contributed by atoms with Crippen molar-refractivity contribution in [1.29, 1.82) is 10.7 Å². The van der Waals surface area contributed by atoms with Crippen molar-refractivity contribution in [3.05, 3.63) is 65.2 Å². The fourth-order valence-corrected chi connectivity index (χ4v) is 3.40. The molecule has 0 aromatic heterocycles. The van der Waals surface area contributed by atoms with E-state index in [4.69, 9.17) is 28.0 Å². The largest absolute Gasteiger partial charge is 0.382 e. The summed E-state index contributed by atoms with van der Waals surface area (Å²) in [4.78, 5) is 16.4.